The van der Waals surface area contributed by atoms with E-state index in [9.17, 15) is 13.6 Å². The Kier molecular flexibility index (Phi) is 4.20. The Balaban J connectivity index is 2.42. The van der Waals surface area contributed by atoms with Crippen molar-refractivity contribution >= 4 is 11.9 Å². The molecule has 1 fully saturated rings. The van der Waals surface area contributed by atoms with Crippen LogP contribution in [0.5, 0.6) is 0 Å². The van der Waals surface area contributed by atoms with Crippen molar-refractivity contribution in [3.8, 4) is 0 Å². The summed E-state index contributed by atoms with van der Waals surface area (Å²) in [5, 5.41) is 0. The normalized spacial score (nSPS) is 15.6. The number of allylic oxidation sites excluding steroid dienone is 1. The van der Waals surface area contributed by atoms with E-state index in [1.165, 1.54) is 12.1 Å². The molecule has 0 N–H and O–H groups in total. The molecule has 0 spiro atoms. The van der Waals surface area contributed by atoms with Crippen LogP contribution in [-0.4, -0.2) is 19.5 Å². The molecule has 2 rings (SSSR count). The highest BCUT2D eigenvalue weighted by Crippen LogP contribution is 2.28. The number of benzene rings is 1. The molecule has 0 amide bonds. The van der Waals surface area contributed by atoms with Crippen molar-refractivity contribution in [3.05, 3.63) is 41.0 Å². The lowest BCUT2D eigenvalue weighted by Gasteiger charge is -2.19. The van der Waals surface area contributed by atoms with Gasteiger partial charge in [0, 0.05) is 12.5 Å². The fourth-order valence-electron chi connectivity index (χ4n) is 2.20. The third-order valence-electron chi connectivity index (χ3n) is 3.02. The number of hydrogen-bond acceptors (Lipinski definition) is 2. The minimum Gasteiger partial charge on any atom is -0.381 e. The van der Waals surface area contributed by atoms with E-state index in [4.69, 9.17) is 4.74 Å². The van der Waals surface area contributed by atoms with Crippen LogP contribution in [0.2, 0.25) is 0 Å². The van der Waals surface area contributed by atoms with Gasteiger partial charge in [0.1, 0.15) is 17.9 Å². The molecule has 0 bridgehead atoms. The number of carbonyl (C=O) groups excluding carboxylic acids is 1. The molecule has 0 unspecified atom stereocenters. The number of halogens is 2. The van der Waals surface area contributed by atoms with Crippen molar-refractivity contribution < 1.29 is 18.3 Å². The summed E-state index contributed by atoms with van der Waals surface area (Å²) >= 11 is 0. The maximum absolute atomic E-state index is 13.2. The first-order valence-corrected chi connectivity index (χ1v) is 5.89. The minimum atomic E-state index is -0.624. The number of aldehydes is 1. The van der Waals surface area contributed by atoms with Crippen LogP contribution in [0, 0.1) is 11.6 Å². The Bertz CT molecular complexity index is 452. The summed E-state index contributed by atoms with van der Waals surface area (Å²) < 4.78 is 31.7. The van der Waals surface area contributed by atoms with Gasteiger partial charge in [0.05, 0.1) is 13.2 Å². The van der Waals surface area contributed by atoms with Crippen molar-refractivity contribution in [2.75, 3.05) is 13.2 Å². The molecule has 96 valence electrons. The van der Waals surface area contributed by atoms with Crippen LogP contribution in [0.15, 0.2) is 23.8 Å². The second-order valence-corrected chi connectivity index (χ2v) is 4.22. The van der Waals surface area contributed by atoms with Crippen molar-refractivity contribution in [1.29, 1.82) is 0 Å². The molecule has 1 aromatic rings. The predicted octanol–water partition coefficient (Wildman–Crippen LogP) is 3.12. The van der Waals surface area contributed by atoms with Gasteiger partial charge in [-0.15, -0.1) is 0 Å². The van der Waals surface area contributed by atoms with E-state index in [-0.39, 0.29) is 6.42 Å². The summed E-state index contributed by atoms with van der Waals surface area (Å²) in [6.07, 6.45) is 2.36. The van der Waals surface area contributed by atoms with Crippen molar-refractivity contribution in [2.24, 2.45) is 0 Å². The lowest BCUT2D eigenvalue weighted by Crippen LogP contribution is -2.09. The highest BCUT2D eigenvalue weighted by molar-refractivity contribution is 5.79. The summed E-state index contributed by atoms with van der Waals surface area (Å²) in [6, 6.07) is 3.37. The van der Waals surface area contributed by atoms with Crippen LogP contribution in [0.1, 0.15) is 24.8 Å². The largest absolute Gasteiger partial charge is 0.381 e. The molecule has 1 heterocycles. The van der Waals surface area contributed by atoms with Gasteiger partial charge in [-0.1, -0.05) is 5.57 Å². The number of ether oxygens (including phenoxy) is 1. The summed E-state index contributed by atoms with van der Waals surface area (Å²) in [7, 11) is 0. The van der Waals surface area contributed by atoms with Gasteiger partial charge in [-0.2, -0.15) is 0 Å². The zero-order valence-electron chi connectivity index (χ0n) is 9.92. The Morgan fingerprint density at radius 3 is 2.33 bits per heavy atom. The van der Waals surface area contributed by atoms with E-state index in [1.807, 2.05) is 0 Å². The van der Waals surface area contributed by atoms with E-state index in [0.717, 1.165) is 23.5 Å². The first-order chi connectivity index (χ1) is 8.70. The fraction of sp³-hybridized carbons (Fsp3) is 0.357. The summed E-state index contributed by atoms with van der Waals surface area (Å²) in [5.41, 5.74) is 2.24. The van der Waals surface area contributed by atoms with Crippen molar-refractivity contribution in [3.63, 3.8) is 0 Å². The van der Waals surface area contributed by atoms with Gasteiger partial charge in [-0.3, -0.25) is 0 Å². The van der Waals surface area contributed by atoms with E-state index in [2.05, 4.69) is 0 Å². The van der Waals surface area contributed by atoms with E-state index < -0.39 is 11.6 Å². The first kappa shape index (κ1) is 12.9. The molecule has 1 aliphatic rings. The Hall–Kier alpha value is -1.55. The molecule has 1 saturated heterocycles. The molecule has 0 saturated carbocycles. The van der Waals surface area contributed by atoms with Crippen LogP contribution in [0.3, 0.4) is 0 Å². The van der Waals surface area contributed by atoms with Crippen LogP contribution in [0.25, 0.3) is 5.57 Å². The van der Waals surface area contributed by atoms with Crippen molar-refractivity contribution in [2.45, 2.75) is 19.3 Å². The molecule has 0 aliphatic carbocycles. The van der Waals surface area contributed by atoms with Gasteiger partial charge in [0.15, 0.2) is 0 Å². The second-order valence-electron chi connectivity index (χ2n) is 4.22. The van der Waals surface area contributed by atoms with Gasteiger partial charge in [-0.25, -0.2) is 8.78 Å². The minimum absolute atomic E-state index is 0.179. The number of rotatable bonds is 3. The maximum Gasteiger partial charge on any atom is 0.126 e. The zero-order valence-corrected chi connectivity index (χ0v) is 9.92. The maximum atomic E-state index is 13.2. The SMILES string of the molecule is O=CCC(=C1CCOCC1)c1cc(F)cc(F)c1. The van der Waals surface area contributed by atoms with E-state index in [0.29, 0.717) is 31.6 Å². The molecule has 0 aromatic heterocycles. The van der Waals surface area contributed by atoms with Crippen LogP contribution in [0.4, 0.5) is 8.78 Å². The van der Waals surface area contributed by atoms with Crippen LogP contribution in [-0.2, 0) is 9.53 Å². The van der Waals surface area contributed by atoms with Gasteiger partial charge in [-0.05, 0) is 36.1 Å². The lowest BCUT2D eigenvalue weighted by atomic mass is 9.93. The summed E-state index contributed by atoms with van der Waals surface area (Å²) in [4.78, 5) is 10.7. The second kappa shape index (κ2) is 5.87. The fourth-order valence-corrected chi connectivity index (χ4v) is 2.20. The average Bonchev–Trinajstić information content (AvgIpc) is 2.36. The van der Waals surface area contributed by atoms with E-state index >= 15 is 0 Å². The Morgan fingerprint density at radius 1 is 1.17 bits per heavy atom. The molecule has 1 aromatic carbocycles. The average molecular weight is 252 g/mol. The molecule has 18 heavy (non-hydrogen) atoms. The van der Waals surface area contributed by atoms with Crippen LogP contribution < -0.4 is 0 Å². The molecular weight excluding hydrogens is 238 g/mol. The molecular formula is C14H14F2O2. The first-order valence-electron chi connectivity index (χ1n) is 5.89. The molecule has 0 atom stereocenters. The number of hydrogen-bond donors (Lipinski definition) is 0. The monoisotopic (exact) mass is 252 g/mol. The summed E-state index contributed by atoms with van der Waals surface area (Å²) in [6.45, 7) is 1.19. The third kappa shape index (κ3) is 3.01. The zero-order chi connectivity index (χ0) is 13.0. The quantitative estimate of drug-likeness (QED) is 0.772. The lowest BCUT2D eigenvalue weighted by molar-refractivity contribution is -0.107. The van der Waals surface area contributed by atoms with Crippen LogP contribution >= 0.6 is 0 Å². The Labute approximate surface area is 104 Å². The summed E-state index contributed by atoms with van der Waals surface area (Å²) in [5.74, 6) is -1.25. The highest BCUT2D eigenvalue weighted by Gasteiger charge is 2.14. The predicted molar refractivity (Wildman–Crippen MR) is 64.0 cm³/mol. The molecule has 0 radical (unpaired) electrons. The van der Waals surface area contributed by atoms with E-state index in [1.54, 1.807) is 0 Å². The Morgan fingerprint density at radius 2 is 1.78 bits per heavy atom. The molecule has 1 aliphatic heterocycles. The number of carbonyl (C=O) groups is 1. The standard InChI is InChI=1S/C14H14F2O2/c15-12-7-11(8-13(16)9-12)14(1-4-17)10-2-5-18-6-3-10/h4,7-9H,1-3,5-6H2. The van der Waals surface area contributed by atoms with Gasteiger partial charge in [0.25, 0.3) is 0 Å². The smallest absolute Gasteiger partial charge is 0.126 e. The van der Waals surface area contributed by atoms with Gasteiger partial charge < -0.3 is 9.53 Å². The highest BCUT2D eigenvalue weighted by atomic mass is 19.1. The molecule has 4 heteroatoms. The topological polar surface area (TPSA) is 26.3 Å². The molecule has 2 nitrogen and oxygen atoms in total. The van der Waals surface area contributed by atoms with Gasteiger partial charge in [0.2, 0.25) is 0 Å². The van der Waals surface area contributed by atoms with Crippen molar-refractivity contribution in [1.82, 2.24) is 0 Å². The van der Waals surface area contributed by atoms with Gasteiger partial charge >= 0.3 is 0 Å². The third-order valence-corrected chi connectivity index (χ3v) is 3.02.